The van der Waals surface area contributed by atoms with E-state index in [1.807, 2.05) is 0 Å². The zero-order valence-electron chi connectivity index (χ0n) is 11.0. The monoisotopic (exact) mass is 275 g/mol. The minimum absolute atomic E-state index is 0.0112. The van der Waals surface area contributed by atoms with Crippen LogP contribution in [0.2, 0.25) is 0 Å². The molecule has 2 rings (SSSR count). The lowest BCUT2D eigenvalue weighted by Gasteiger charge is -2.42. The van der Waals surface area contributed by atoms with E-state index in [1.54, 1.807) is 0 Å². The van der Waals surface area contributed by atoms with Gasteiger partial charge in [-0.15, -0.1) is 0 Å². The number of hydrogen-bond donors (Lipinski definition) is 5. The van der Waals surface area contributed by atoms with Crippen molar-refractivity contribution in [2.24, 2.45) is 17.2 Å². The van der Waals surface area contributed by atoms with Gasteiger partial charge in [-0.3, -0.25) is 0 Å². The van der Waals surface area contributed by atoms with E-state index >= 15 is 0 Å². The molecular formula is C12H25N3O4. The van der Waals surface area contributed by atoms with E-state index in [0.29, 0.717) is 13.0 Å². The predicted octanol–water partition coefficient (Wildman–Crippen LogP) is -1.99. The number of aliphatic hydroxyl groups excluding tert-OH is 2. The first-order valence-corrected chi connectivity index (χ1v) is 6.91. The van der Waals surface area contributed by atoms with Crippen molar-refractivity contribution in [2.75, 3.05) is 6.54 Å². The van der Waals surface area contributed by atoms with Crippen LogP contribution >= 0.6 is 0 Å². The highest BCUT2D eigenvalue weighted by Crippen LogP contribution is 2.26. The number of ether oxygens (including phenoxy) is 2. The topological polar surface area (TPSA) is 137 Å². The molecule has 0 amide bonds. The summed E-state index contributed by atoms with van der Waals surface area (Å²) in [6.45, 7) is 0.451. The predicted molar refractivity (Wildman–Crippen MR) is 69.0 cm³/mol. The lowest BCUT2D eigenvalue weighted by atomic mass is 9.84. The number of aliphatic hydroxyl groups is 2. The van der Waals surface area contributed by atoms with Gasteiger partial charge in [0.2, 0.25) is 0 Å². The maximum Gasteiger partial charge on any atom is 0.158 e. The van der Waals surface area contributed by atoms with Gasteiger partial charge in [0.05, 0.1) is 12.2 Å². The van der Waals surface area contributed by atoms with Crippen LogP contribution in [0.3, 0.4) is 0 Å². The Kier molecular flexibility index (Phi) is 5.13. The van der Waals surface area contributed by atoms with Gasteiger partial charge in [-0.25, -0.2) is 0 Å². The van der Waals surface area contributed by atoms with Crippen LogP contribution in [0.15, 0.2) is 0 Å². The van der Waals surface area contributed by atoms with E-state index in [4.69, 9.17) is 26.7 Å². The zero-order valence-corrected chi connectivity index (χ0v) is 11.0. The van der Waals surface area contributed by atoms with E-state index < -0.39 is 36.7 Å². The Morgan fingerprint density at radius 2 is 1.84 bits per heavy atom. The summed E-state index contributed by atoms with van der Waals surface area (Å²) in [5.74, 6) is 0. The summed E-state index contributed by atoms with van der Waals surface area (Å²) in [6, 6.07) is -0.927. The fourth-order valence-electron chi connectivity index (χ4n) is 2.78. The molecule has 0 aromatic rings. The molecule has 0 radical (unpaired) electrons. The standard InChI is InChI=1S/C12H25N3O4/c13-5-6-2-1-3-9(18-6)19-12-8(15)4-7(14)10(16)11(12)17/h6-12,16-17H,1-5,13-15H2/t6?,7-,8+,9-,10+,11-,12?/m1/s1. The number of rotatable bonds is 3. The second-order valence-electron chi connectivity index (χ2n) is 5.50. The third kappa shape index (κ3) is 3.43. The Hall–Kier alpha value is -0.280. The van der Waals surface area contributed by atoms with Crippen LogP contribution in [0.1, 0.15) is 25.7 Å². The molecule has 7 heteroatoms. The molecule has 2 aliphatic rings. The third-order valence-corrected chi connectivity index (χ3v) is 3.97. The van der Waals surface area contributed by atoms with Crippen molar-refractivity contribution < 1.29 is 19.7 Å². The van der Waals surface area contributed by atoms with Crippen LogP contribution < -0.4 is 17.2 Å². The molecule has 2 fully saturated rings. The van der Waals surface area contributed by atoms with Gasteiger partial charge in [0.15, 0.2) is 6.29 Å². The quantitative estimate of drug-likeness (QED) is 0.402. The maximum atomic E-state index is 10.0. The summed E-state index contributed by atoms with van der Waals surface area (Å²) in [4.78, 5) is 0. The number of nitrogens with two attached hydrogens (primary N) is 3. The van der Waals surface area contributed by atoms with Gasteiger partial charge in [-0.1, -0.05) is 0 Å². The Morgan fingerprint density at radius 3 is 2.53 bits per heavy atom. The molecule has 0 bridgehead atoms. The van der Waals surface area contributed by atoms with Crippen molar-refractivity contribution >= 4 is 0 Å². The van der Waals surface area contributed by atoms with Gasteiger partial charge in [-0.2, -0.15) is 0 Å². The summed E-state index contributed by atoms with van der Waals surface area (Å²) in [5, 5.41) is 19.8. The molecule has 1 saturated carbocycles. The average Bonchev–Trinajstić information content (AvgIpc) is 2.41. The molecule has 0 aromatic heterocycles. The molecule has 112 valence electrons. The molecule has 2 unspecified atom stereocenters. The first kappa shape index (κ1) is 15.1. The van der Waals surface area contributed by atoms with Crippen LogP contribution in [-0.2, 0) is 9.47 Å². The van der Waals surface area contributed by atoms with E-state index in [1.165, 1.54) is 0 Å². The first-order valence-electron chi connectivity index (χ1n) is 6.91. The van der Waals surface area contributed by atoms with Gasteiger partial charge in [0.25, 0.3) is 0 Å². The summed E-state index contributed by atoms with van der Waals surface area (Å²) in [7, 11) is 0. The fraction of sp³-hybridized carbons (Fsp3) is 1.00. The lowest BCUT2D eigenvalue weighted by Crippen LogP contribution is -2.62. The highest BCUT2D eigenvalue weighted by Gasteiger charge is 2.42. The molecule has 19 heavy (non-hydrogen) atoms. The van der Waals surface area contributed by atoms with Crippen LogP contribution in [0.25, 0.3) is 0 Å². The average molecular weight is 275 g/mol. The van der Waals surface area contributed by atoms with Gasteiger partial charge in [-0.05, 0) is 25.7 Å². The molecule has 1 aliphatic carbocycles. The number of hydrogen-bond acceptors (Lipinski definition) is 7. The van der Waals surface area contributed by atoms with Gasteiger partial charge >= 0.3 is 0 Å². The minimum atomic E-state index is -1.08. The fourth-order valence-corrected chi connectivity index (χ4v) is 2.78. The highest BCUT2D eigenvalue weighted by molar-refractivity contribution is 4.97. The van der Waals surface area contributed by atoms with Crippen molar-refractivity contribution in [3.8, 4) is 0 Å². The van der Waals surface area contributed by atoms with E-state index in [9.17, 15) is 10.2 Å². The summed E-state index contributed by atoms with van der Waals surface area (Å²) in [6.07, 6.45) is -0.145. The van der Waals surface area contributed by atoms with Crippen molar-refractivity contribution in [1.29, 1.82) is 0 Å². The smallest absolute Gasteiger partial charge is 0.158 e. The molecule has 1 aliphatic heterocycles. The molecule has 1 heterocycles. The van der Waals surface area contributed by atoms with Crippen LogP contribution in [0, 0.1) is 0 Å². The van der Waals surface area contributed by atoms with Crippen molar-refractivity contribution in [3.63, 3.8) is 0 Å². The molecule has 7 nitrogen and oxygen atoms in total. The third-order valence-electron chi connectivity index (χ3n) is 3.97. The second-order valence-corrected chi connectivity index (χ2v) is 5.50. The second kappa shape index (κ2) is 6.45. The molecule has 0 spiro atoms. The Bertz CT molecular complexity index is 294. The van der Waals surface area contributed by atoms with Crippen LogP contribution in [-0.4, -0.2) is 59.5 Å². The van der Waals surface area contributed by atoms with Crippen molar-refractivity contribution in [1.82, 2.24) is 0 Å². The van der Waals surface area contributed by atoms with Gasteiger partial charge in [0, 0.05) is 18.6 Å². The van der Waals surface area contributed by atoms with Gasteiger partial charge in [0.1, 0.15) is 12.2 Å². The van der Waals surface area contributed by atoms with E-state index in [0.717, 1.165) is 19.3 Å². The summed E-state index contributed by atoms with van der Waals surface area (Å²) in [5.41, 5.74) is 17.2. The molecule has 8 N–H and O–H groups in total. The van der Waals surface area contributed by atoms with E-state index in [2.05, 4.69) is 0 Å². The summed E-state index contributed by atoms with van der Waals surface area (Å²) >= 11 is 0. The Balaban J connectivity index is 1.93. The Morgan fingerprint density at radius 1 is 1.11 bits per heavy atom. The first-order chi connectivity index (χ1) is 9.02. The highest BCUT2D eigenvalue weighted by atomic mass is 16.7. The van der Waals surface area contributed by atoms with Crippen LogP contribution in [0.4, 0.5) is 0 Å². The molecular weight excluding hydrogens is 250 g/mol. The van der Waals surface area contributed by atoms with Crippen molar-refractivity contribution in [2.45, 2.75) is 68.5 Å². The maximum absolute atomic E-state index is 10.0. The molecule has 7 atom stereocenters. The minimum Gasteiger partial charge on any atom is -0.389 e. The lowest BCUT2D eigenvalue weighted by molar-refractivity contribution is -0.245. The van der Waals surface area contributed by atoms with Gasteiger partial charge < -0.3 is 36.9 Å². The van der Waals surface area contributed by atoms with E-state index in [-0.39, 0.29) is 6.10 Å². The molecule has 1 saturated heterocycles. The SMILES string of the molecule is NCC1CCC[C@@H](OC2[C@@H](N)C[C@@H](N)[C@H](O)[C@H]2O)O1. The molecule has 0 aromatic carbocycles. The van der Waals surface area contributed by atoms with Crippen LogP contribution in [0.5, 0.6) is 0 Å². The zero-order chi connectivity index (χ0) is 14.0. The largest absolute Gasteiger partial charge is 0.389 e. The summed E-state index contributed by atoms with van der Waals surface area (Å²) < 4.78 is 11.4. The van der Waals surface area contributed by atoms with Crippen molar-refractivity contribution in [3.05, 3.63) is 0 Å². The Labute approximate surface area is 113 Å². The normalized spacial score (nSPS) is 48.2.